The zero-order chi connectivity index (χ0) is 61.4. The topological polar surface area (TPSA) is 182 Å². The molecule has 462 valence electrons. The highest BCUT2D eigenvalue weighted by Gasteiger charge is 2.62. The summed E-state index contributed by atoms with van der Waals surface area (Å²) >= 11 is 0. The average Bonchev–Trinajstić information content (AvgIpc) is 0.871. The van der Waals surface area contributed by atoms with Crippen molar-refractivity contribution < 1.29 is 53.4 Å². The van der Waals surface area contributed by atoms with Crippen LogP contribution in [0.15, 0.2) is 142 Å². The van der Waals surface area contributed by atoms with E-state index in [9.17, 15) is 25.2 Å². The van der Waals surface area contributed by atoms with Crippen LogP contribution in [0.3, 0.4) is 0 Å². The van der Waals surface area contributed by atoms with Crippen LogP contribution < -0.4 is 10.4 Å². The van der Waals surface area contributed by atoms with Crippen molar-refractivity contribution in [3.05, 3.63) is 215 Å². The first kappa shape index (κ1) is 58.7. The van der Waals surface area contributed by atoms with Crippen LogP contribution in [0.5, 0.6) is 5.75 Å². The Morgan fingerprint density at radius 3 is 2.46 bits per heavy atom. The van der Waals surface area contributed by atoms with Gasteiger partial charge in [0, 0.05) is 65.1 Å². The Balaban J connectivity index is 0.916. The fraction of sp³-hybridized carbons (Fsp3) is 0.423. The van der Waals surface area contributed by atoms with Gasteiger partial charge in [0.2, 0.25) is 0 Å². The zero-order valence-corrected chi connectivity index (χ0v) is 51.0. The van der Waals surface area contributed by atoms with Crippen molar-refractivity contribution in [2.45, 2.75) is 150 Å². The minimum atomic E-state index is -1.47. The van der Waals surface area contributed by atoms with Gasteiger partial charge in [-0.05, 0) is 180 Å². The van der Waals surface area contributed by atoms with Crippen molar-refractivity contribution in [1.82, 2.24) is 0 Å². The van der Waals surface area contributed by atoms with Crippen molar-refractivity contribution in [1.29, 1.82) is 0 Å². The maximum absolute atomic E-state index is 16.1. The van der Waals surface area contributed by atoms with Crippen LogP contribution in [-0.2, 0) is 55.1 Å². The van der Waals surface area contributed by atoms with Gasteiger partial charge in [-0.25, -0.2) is 9.59 Å². The van der Waals surface area contributed by atoms with Crippen LogP contribution in [0.4, 0.5) is 0 Å². The van der Waals surface area contributed by atoms with Crippen molar-refractivity contribution in [2.24, 2.45) is 29.6 Å². The first-order valence-electron chi connectivity index (χ1n) is 32.9. The second-order valence-corrected chi connectivity index (χ2v) is 27.1. The summed E-state index contributed by atoms with van der Waals surface area (Å²) in [7, 11) is 0. The fourth-order valence-electron chi connectivity index (χ4n) is 18.7. The Morgan fingerprint density at radius 2 is 1.60 bits per heavy atom. The Bertz CT molecular complexity index is 4110. The van der Waals surface area contributed by atoms with E-state index in [0.717, 1.165) is 41.5 Å². The molecule has 12 nitrogen and oxygen atoms in total. The van der Waals surface area contributed by atoms with E-state index < -0.39 is 61.3 Å². The van der Waals surface area contributed by atoms with E-state index in [2.05, 4.69) is 127 Å². The number of benzene rings is 5. The van der Waals surface area contributed by atoms with Gasteiger partial charge in [-0.3, -0.25) is 4.79 Å². The van der Waals surface area contributed by atoms with Crippen molar-refractivity contribution in [3.8, 4) is 17.6 Å². The number of esters is 2. The molecule has 13 unspecified atom stereocenters. The average molecular weight is 1210 g/mol. The van der Waals surface area contributed by atoms with E-state index in [1.807, 2.05) is 6.07 Å². The Kier molecular flexibility index (Phi) is 15.6. The number of fused-ring (bicyclic) bond motifs is 14. The van der Waals surface area contributed by atoms with Gasteiger partial charge in [-0.2, -0.15) is 0 Å². The van der Waals surface area contributed by atoms with Gasteiger partial charge in [-0.1, -0.05) is 140 Å². The summed E-state index contributed by atoms with van der Waals surface area (Å²) in [6.45, 7) is -0.383. The Labute approximate surface area is 525 Å². The number of ether oxygens (including phenoxy) is 4. The number of hydrogen-bond acceptors (Lipinski definition) is 12. The number of aliphatic hydroxyl groups is 4. The minimum absolute atomic E-state index is 0.0148. The van der Waals surface area contributed by atoms with Gasteiger partial charge in [0.1, 0.15) is 18.1 Å². The molecule has 5 bridgehead atoms. The van der Waals surface area contributed by atoms with Gasteiger partial charge >= 0.3 is 17.6 Å². The second kappa shape index (κ2) is 23.9. The maximum Gasteiger partial charge on any atom is 0.340 e. The van der Waals surface area contributed by atoms with Crippen LogP contribution >= 0.6 is 0 Å². The van der Waals surface area contributed by atoms with Gasteiger partial charge in [-0.15, -0.1) is 0 Å². The molecule has 1 aromatic heterocycles. The van der Waals surface area contributed by atoms with Crippen molar-refractivity contribution in [2.75, 3.05) is 26.6 Å². The van der Waals surface area contributed by atoms with Crippen LogP contribution in [0.2, 0.25) is 0 Å². The predicted molar refractivity (Wildman–Crippen MR) is 342 cm³/mol. The van der Waals surface area contributed by atoms with Crippen LogP contribution in [0, 0.1) is 41.4 Å². The van der Waals surface area contributed by atoms with E-state index in [1.54, 1.807) is 19.1 Å². The molecule has 90 heavy (non-hydrogen) atoms. The number of aryl methyl sites for hydroxylation is 1. The van der Waals surface area contributed by atoms with Crippen molar-refractivity contribution in [3.63, 3.8) is 0 Å². The molecule has 0 saturated heterocycles. The zero-order valence-electron chi connectivity index (χ0n) is 51.0. The van der Waals surface area contributed by atoms with E-state index in [4.69, 9.17) is 23.4 Å². The first-order valence-corrected chi connectivity index (χ1v) is 32.9. The highest BCUT2D eigenvalue weighted by Crippen LogP contribution is 2.62. The molecular formula is C78H78O12. The quantitative estimate of drug-likeness (QED) is 0.0255. The van der Waals surface area contributed by atoms with Gasteiger partial charge < -0.3 is 43.8 Å². The highest BCUT2D eigenvalue weighted by molar-refractivity contribution is 5.91. The van der Waals surface area contributed by atoms with Crippen LogP contribution in [0.25, 0.3) is 23.1 Å². The molecule has 3 aliphatic heterocycles. The number of aliphatic hydroxyl groups excluding tert-OH is 4. The molecule has 4 heterocycles. The summed E-state index contributed by atoms with van der Waals surface area (Å²) in [5.74, 6) is 5.78. The largest absolute Gasteiger partial charge is 0.481 e. The van der Waals surface area contributed by atoms with Crippen LogP contribution in [0.1, 0.15) is 180 Å². The summed E-state index contributed by atoms with van der Waals surface area (Å²) in [4.78, 5) is 46.6. The summed E-state index contributed by atoms with van der Waals surface area (Å²) in [6.07, 6.45) is 20.0. The SMILES string of the molecule is CC(CO)=C1CCc2ccc3c(c2)CC#CCC2(C4CC5C=Cc6ccccc6C5C4)Oc4ccc5c(CO)c(C(CCO)COCO)c(=O)oc5c4C(OC(=O)CC4CC(c5cccc6c5CCC5CCCC7C=Cc8ccccc8C675)C=CC34)C2OC1=O. The molecule has 13 atom stereocenters. The van der Waals surface area contributed by atoms with Gasteiger partial charge in [0.25, 0.3) is 0 Å². The molecular weight excluding hydrogens is 1130 g/mol. The lowest BCUT2D eigenvalue weighted by Crippen LogP contribution is -2.60. The number of hydrogen-bond donors (Lipinski definition) is 4. The molecule has 0 radical (unpaired) electrons. The monoisotopic (exact) mass is 1210 g/mol. The summed E-state index contributed by atoms with van der Waals surface area (Å²) in [5, 5.41) is 42.5. The lowest BCUT2D eigenvalue weighted by molar-refractivity contribution is -0.202. The molecule has 2 saturated carbocycles. The van der Waals surface area contributed by atoms with Gasteiger partial charge in [0.15, 0.2) is 17.8 Å². The highest BCUT2D eigenvalue weighted by atomic mass is 16.6. The third-order valence-corrected chi connectivity index (χ3v) is 22.8. The third kappa shape index (κ3) is 9.62. The summed E-state index contributed by atoms with van der Waals surface area (Å²) in [6, 6.07) is 34.5. The second-order valence-electron chi connectivity index (χ2n) is 27.1. The Hall–Kier alpha value is -7.63. The lowest BCUT2D eigenvalue weighted by atomic mass is 9.48. The molecule has 0 amide bonds. The van der Waals surface area contributed by atoms with Crippen molar-refractivity contribution >= 4 is 35.1 Å². The fourth-order valence-corrected chi connectivity index (χ4v) is 18.7. The predicted octanol–water partition coefficient (Wildman–Crippen LogP) is 12.6. The molecule has 9 aliphatic rings. The first-order chi connectivity index (χ1) is 44.0. The molecule has 15 rings (SSSR count). The summed E-state index contributed by atoms with van der Waals surface area (Å²) < 4.78 is 33.9. The smallest absolute Gasteiger partial charge is 0.340 e. The van der Waals surface area contributed by atoms with E-state index in [1.165, 1.54) is 46.2 Å². The third-order valence-electron chi connectivity index (χ3n) is 22.8. The lowest BCUT2D eigenvalue weighted by Gasteiger charge is -2.55. The number of allylic oxidation sites excluding steroid dienone is 4. The normalized spacial score (nSPS) is 30.2. The number of carbonyl (C=O) groups excluding carboxylic acids is 2. The van der Waals surface area contributed by atoms with E-state index >= 15 is 9.59 Å². The van der Waals surface area contributed by atoms with E-state index in [0.29, 0.717) is 60.5 Å². The number of carbonyl (C=O) groups is 2. The minimum Gasteiger partial charge on any atom is -0.481 e. The molecule has 1 spiro atoms. The molecule has 4 N–H and O–H groups in total. The van der Waals surface area contributed by atoms with Gasteiger partial charge in [0.05, 0.1) is 31.8 Å². The molecule has 6 aliphatic carbocycles. The Morgan fingerprint density at radius 1 is 0.767 bits per heavy atom. The molecule has 2 fully saturated rings. The molecule has 5 aromatic carbocycles. The molecule has 6 aromatic rings. The van der Waals surface area contributed by atoms with E-state index in [-0.39, 0.29) is 108 Å². The number of rotatable bonds is 10. The maximum atomic E-state index is 16.1. The summed E-state index contributed by atoms with van der Waals surface area (Å²) in [5.41, 5.74) is 11.2. The van der Waals surface area contributed by atoms with Crippen LogP contribution in [-0.4, -0.2) is 70.7 Å². The standard InChI is InChI=1S/C78H78O12/c1-45(41-80)57-27-19-46-20-28-60-49(36-46)12-6-7-34-77(56-38-51-22-21-47-10-2-4-15-58(47)64(51)40-56)74(89-75(57)84)73(71-68(90-77)32-31-63-65(42-81)70(76(85)88-72(63)71)52(33-35-79)43-86-44-82)87-69(83)39-53-37-50(24-29-61(53)60)59-16-9-18-67-62(59)30-26-55-14-8-13-54-25-23-48-11-3-5-17-66(48)78(54,55)67/h2-5,9-11,15-18,20-25,28-29,31-32,36,50-56,61,64,73-74,79-82H,8,12-14,19,26-27,30,33-35,37-44H2,1H3. The molecule has 12 heteroatoms.